The van der Waals surface area contributed by atoms with Crippen LogP contribution in [0, 0.1) is 0 Å². The third-order valence-electron chi connectivity index (χ3n) is 2.74. The maximum Gasteiger partial charge on any atom is 0.325 e. The summed E-state index contributed by atoms with van der Waals surface area (Å²) < 4.78 is 10.8. The van der Waals surface area contributed by atoms with Crippen molar-refractivity contribution in [3.63, 3.8) is 0 Å². The van der Waals surface area contributed by atoms with Gasteiger partial charge in [-0.3, -0.25) is 9.36 Å². The van der Waals surface area contributed by atoms with Crippen molar-refractivity contribution in [3.8, 4) is 0 Å². The summed E-state index contributed by atoms with van der Waals surface area (Å²) >= 11 is 0. The van der Waals surface area contributed by atoms with Crippen LogP contribution in [0.1, 0.15) is 30.0 Å². The number of benzene rings is 1. The van der Waals surface area contributed by atoms with Gasteiger partial charge in [0.25, 0.3) is 0 Å². The van der Waals surface area contributed by atoms with E-state index >= 15 is 0 Å². The molecule has 6 nitrogen and oxygen atoms in total. The van der Waals surface area contributed by atoms with Gasteiger partial charge in [0.1, 0.15) is 0 Å². The van der Waals surface area contributed by atoms with Crippen LogP contribution in [-0.4, -0.2) is 27.0 Å². The molecule has 0 saturated carbocycles. The SMILES string of the molecule is NC(CC(=O)O)c1ccccc1CCCP(=O)(O)O. The van der Waals surface area contributed by atoms with Gasteiger partial charge in [0.2, 0.25) is 0 Å². The summed E-state index contributed by atoms with van der Waals surface area (Å²) in [7, 11) is -3.99. The molecule has 1 aromatic carbocycles. The number of carboxylic acid groups (broad SMARTS) is 1. The Morgan fingerprint density at radius 2 is 1.95 bits per heavy atom. The number of hydrogen-bond donors (Lipinski definition) is 4. The van der Waals surface area contributed by atoms with E-state index < -0.39 is 19.6 Å². The Morgan fingerprint density at radius 3 is 2.53 bits per heavy atom. The van der Waals surface area contributed by atoms with E-state index in [1.54, 1.807) is 24.3 Å². The van der Waals surface area contributed by atoms with Crippen LogP contribution in [0.4, 0.5) is 0 Å². The maximum atomic E-state index is 10.8. The van der Waals surface area contributed by atoms with Gasteiger partial charge < -0.3 is 20.6 Å². The van der Waals surface area contributed by atoms with Gasteiger partial charge in [-0.25, -0.2) is 0 Å². The summed E-state index contributed by atoms with van der Waals surface area (Å²) in [6.45, 7) is 0. The Balaban J connectivity index is 2.73. The molecule has 7 heteroatoms. The Morgan fingerprint density at radius 1 is 1.32 bits per heavy atom. The second kappa shape index (κ2) is 6.82. The number of rotatable bonds is 7. The normalized spacial score (nSPS) is 13.2. The highest BCUT2D eigenvalue weighted by Gasteiger charge is 2.16. The van der Waals surface area contributed by atoms with Crippen LogP contribution < -0.4 is 5.73 Å². The molecular formula is C12H18NO5P. The summed E-state index contributed by atoms with van der Waals surface area (Å²) in [6.07, 6.45) is 0.445. The molecule has 0 heterocycles. The number of nitrogens with two attached hydrogens (primary N) is 1. The summed E-state index contributed by atoms with van der Waals surface area (Å²) in [5, 5.41) is 8.74. The van der Waals surface area contributed by atoms with E-state index in [1.165, 1.54) is 0 Å². The first-order valence-electron chi connectivity index (χ1n) is 5.89. The molecule has 0 aromatic heterocycles. The zero-order valence-corrected chi connectivity index (χ0v) is 11.3. The van der Waals surface area contributed by atoms with Crippen LogP contribution in [0.5, 0.6) is 0 Å². The third kappa shape index (κ3) is 5.98. The van der Waals surface area contributed by atoms with Crippen LogP contribution >= 0.6 is 7.60 Å². The lowest BCUT2D eigenvalue weighted by Crippen LogP contribution is -2.16. The Kier molecular flexibility index (Phi) is 5.69. The second-order valence-corrected chi connectivity index (χ2v) is 6.17. The lowest BCUT2D eigenvalue weighted by atomic mass is 9.96. The predicted octanol–water partition coefficient (Wildman–Crippen LogP) is 1.27. The van der Waals surface area contributed by atoms with Crippen molar-refractivity contribution in [3.05, 3.63) is 35.4 Å². The monoisotopic (exact) mass is 287 g/mol. The molecule has 5 N–H and O–H groups in total. The molecule has 1 unspecified atom stereocenters. The number of carbonyl (C=O) groups is 1. The molecule has 0 saturated heterocycles. The van der Waals surface area contributed by atoms with Crippen molar-refractivity contribution >= 4 is 13.6 Å². The highest BCUT2D eigenvalue weighted by molar-refractivity contribution is 7.51. The predicted molar refractivity (Wildman–Crippen MR) is 70.9 cm³/mol. The molecule has 0 amide bonds. The van der Waals surface area contributed by atoms with Gasteiger partial charge in [-0.05, 0) is 24.0 Å². The van der Waals surface area contributed by atoms with Crippen LogP contribution in [0.3, 0.4) is 0 Å². The fourth-order valence-electron chi connectivity index (χ4n) is 1.90. The fraction of sp³-hybridized carbons (Fsp3) is 0.417. The van der Waals surface area contributed by atoms with Crippen LogP contribution in [0.25, 0.3) is 0 Å². The zero-order chi connectivity index (χ0) is 14.5. The number of hydrogen-bond acceptors (Lipinski definition) is 3. The molecule has 0 aliphatic heterocycles. The number of aryl methyl sites for hydroxylation is 1. The largest absolute Gasteiger partial charge is 0.481 e. The Labute approximate surface area is 111 Å². The molecule has 1 atom stereocenters. The van der Waals surface area contributed by atoms with E-state index in [1.807, 2.05) is 0 Å². The smallest absolute Gasteiger partial charge is 0.325 e. The van der Waals surface area contributed by atoms with Gasteiger partial charge >= 0.3 is 13.6 Å². The minimum atomic E-state index is -3.99. The van der Waals surface area contributed by atoms with Crippen LogP contribution in [0.15, 0.2) is 24.3 Å². The third-order valence-corrected chi connectivity index (χ3v) is 3.64. The molecule has 1 aromatic rings. The first kappa shape index (κ1) is 15.9. The van der Waals surface area contributed by atoms with E-state index in [2.05, 4.69) is 0 Å². The minimum Gasteiger partial charge on any atom is -0.481 e. The van der Waals surface area contributed by atoms with E-state index in [4.69, 9.17) is 20.6 Å². The molecule has 1 rings (SSSR count). The Bertz CT molecular complexity index is 485. The van der Waals surface area contributed by atoms with Gasteiger partial charge in [-0.1, -0.05) is 24.3 Å². The average molecular weight is 287 g/mol. The topological polar surface area (TPSA) is 121 Å². The van der Waals surface area contributed by atoms with Crippen molar-refractivity contribution in [2.24, 2.45) is 5.73 Å². The second-order valence-electron chi connectivity index (χ2n) is 4.40. The summed E-state index contributed by atoms with van der Waals surface area (Å²) in [6, 6.07) is 6.51. The highest BCUT2D eigenvalue weighted by atomic mass is 31.2. The first-order valence-corrected chi connectivity index (χ1v) is 7.69. The van der Waals surface area contributed by atoms with Crippen molar-refractivity contribution in [2.45, 2.75) is 25.3 Å². The van der Waals surface area contributed by atoms with Crippen LogP contribution in [0.2, 0.25) is 0 Å². The highest BCUT2D eigenvalue weighted by Crippen LogP contribution is 2.35. The number of carboxylic acids is 1. The summed E-state index contributed by atoms with van der Waals surface area (Å²) in [4.78, 5) is 28.3. The summed E-state index contributed by atoms with van der Waals surface area (Å²) in [5.74, 6) is -0.975. The summed E-state index contributed by atoms with van der Waals surface area (Å²) in [5.41, 5.74) is 7.38. The van der Waals surface area contributed by atoms with Crippen LogP contribution in [-0.2, 0) is 15.8 Å². The van der Waals surface area contributed by atoms with Gasteiger partial charge in [-0.2, -0.15) is 0 Å². The molecule has 0 radical (unpaired) electrons. The van der Waals surface area contributed by atoms with E-state index in [0.717, 1.165) is 11.1 Å². The molecule has 106 valence electrons. The quantitative estimate of drug-likeness (QED) is 0.560. The molecule has 0 fully saturated rings. The molecule has 0 spiro atoms. The first-order chi connectivity index (χ1) is 8.79. The van der Waals surface area contributed by atoms with Crippen molar-refractivity contribution in [2.75, 3.05) is 6.16 Å². The van der Waals surface area contributed by atoms with Gasteiger partial charge in [0.15, 0.2) is 0 Å². The molecule has 0 aliphatic carbocycles. The van der Waals surface area contributed by atoms with Crippen molar-refractivity contribution in [1.82, 2.24) is 0 Å². The Hall–Kier alpha value is -1.20. The zero-order valence-electron chi connectivity index (χ0n) is 10.4. The minimum absolute atomic E-state index is 0.171. The van der Waals surface area contributed by atoms with Crippen molar-refractivity contribution < 1.29 is 24.3 Å². The molecular weight excluding hydrogens is 269 g/mol. The standard InChI is InChI=1S/C12H18NO5P/c13-11(8-12(14)15)10-6-2-1-4-9(10)5-3-7-19(16,17)18/h1-2,4,6,11H,3,5,7-8,13H2,(H,14,15)(H2,16,17,18). The maximum absolute atomic E-state index is 10.8. The van der Waals surface area contributed by atoms with Crippen molar-refractivity contribution in [1.29, 1.82) is 0 Å². The van der Waals surface area contributed by atoms with Gasteiger partial charge in [0.05, 0.1) is 12.6 Å². The fourth-order valence-corrected chi connectivity index (χ4v) is 2.47. The van der Waals surface area contributed by atoms with Gasteiger partial charge in [0, 0.05) is 6.04 Å². The van der Waals surface area contributed by atoms with Gasteiger partial charge in [-0.15, -0.1) is 0 Å². The number of aliphatic carboxylic acids is 1. The van der Waals surface area contributed by atoms with E-state index in [0.29, 0.717) is 12.8 Å². The van der Waals surface area contributed by atoms with E-state index in [-0.39, 0.29) is 12.6 Å². The van der Waals surface area contributed by atoms with E-state index in [9.17, 15) is 9.36 Å². The lowest BCUT2D eigenvalue weighted by Gasteiger charge is -2.15. The molecule has 19 heavy (non-hydrogen) atoms. The lowest BCUT2D eigenvalue weighted by molar-refractivity contribution is -0.137. The average Bonchev–Trinajstić information content (AvgIpc) is 2.27. The molecule has 0 bridgehead atoms. The molecule has 0 aliphatic rings.